The summed E-state index contributed by atoms with van der Waals surface area (Å²) in [7, 11) is 1.70. The van der Waals surface area contributed by atoms with Crippen molar-refractivity contribution < 1.29 is 4.74 Å². The third kappa shape index (κ3) is 2.95. The highest BCUT2D eigenvalue weighted by molar-refractivity contribution is 9.08. The molecule has 0 N–H and O–H groups in total. The maximum Gasteiger partial charge on any atom is 0.212 e. The first-order chi connectivity index (χ1) is 8.20. The first-order valence-corrected chi connectivity index (χ1v) is 6.39. The van der Waals surface area contributed by atoms with Crippen LogP contribution in [0.2, 0.25) is 5.02 Å². The topological polar surface area (TPSA) is 52.8 Å². The Labute approximate surface area is 112 Å². The highest BCUT2D eigenvalue weighted by Crippen LogP contribution is 2.30. The van der Waals surface area contributed by atoms with Crippen LogP contribution in [-0.2, 0) is 19.0 Å². The first kappa shape index (κ1) is 12.3. The summed E-state index contributed by atoms with van der Waals surface area (Å²) in [5, 5.41) is 12.8. The van der Waals surface area contributed by atoms with Crippen molar-refractivity contribution >= 4 is 27.5 Å². The second kappa shape index (κ2) is 5.46. The average molecular weight is 318 g/mol. The van der Waals surface area contributed by atoms with Crippen LogP contribution < -0.4 is 4.74 Å². The molecule has 5 nitrogen and oxygen atoms in total. The average Bonchev–Trinajstić information content (AvgIpc) is 2.73. The maximum absolute atomic E-state index is 6.07. The van der Waals surface area contributed by atoms with Crippen LogP contribution in [0.3, 0.4) is 0 Å². The smallest absolute Gasteiger partial charge is 0.212 e. The molecule has 0 saturated carbocycles. The largest absolute Gasteiger partial charge is 0.484 e. The van der Waals surface area contributed by atoms with E-state index in [0.29, 0.717) is 21.9 Å². The number of aromatic nitrogens is 4. The summed E-state index contributed by atoms with van der Waals surface area (Å²) in [5.41, 5.74) is 0.987. The Morgan fingerprint density at radius 3 is 2.94 bits per heavy atom. The number of benzene rings is 1. The molecule has 17 heavy (non-hydrogen) atoms. The minimum absolute atomic E-state index is 0.248. The third-order valence-corrected chi connectivity index (χ3v) is 2.99. The molecule has 2 rings (SSSR count). The zero-order valence-electron chi connectivity index (χ0n) is 9.10. The monoisotopic (exact) mass is 316 g/mol. The molecule has 0 aliphatic rings. The molecule has 0 radical (unpaired) electrons. The van der Waals surface area contributed by atoms with Gasteiger partial charge in [-0.15, -0.1) is 10.2 Å². The van der Waals surface area contributed by atoms with E-state index in [2.05, 4.69) is 31.3 Å². The third-order valence-electron chi connectivity index (χ3n) is 2.09. The van der Waals surface area contributed by atoms with E-state index >= 15 is 0 Å². The maximum atomic E-state index is 6.07. The molecular weight excluding hydrogens is 307 g/mol. The lowest BCUT2D eigenvalue weighted by atomic mass is 10.2. The van der Waals surface area contributed by atoms with Crippen LogP contribution in [0, 0.1) is 0 Å². The zero-order valence-corrected chi connectivity index (χ0v) is 11.4. The van der Waals surface area contributed by atoms with Gasteiger partial charge in [0.1, 0.15) is 5.75 Å². The number of tetrazole rings is 1. The molecule has 0 atom stereocenters. The highest BCUT2D eigenvalue weighted by Gasteiger charge is 2.09. The van der Waals surface area contributed by atoms with Crippen molar-refractivity contribution in [2.24, 2.45) is 7.05 Å². The molecule has 1 aromatic heterocycles. The summed E-state index contributed by atoms with van der Waals surface area (Å²) in [5.74, 6) is 1.17. The van der Waals surface area contributed by atoms with Crippen LogP contribution in [0.1, 0.15) is 11.4 Å². The van der Waals surface area contributed by atoms with E-state index in [1.807, 2.05) is 12.1 Å². The predicted molar refractivity (Wildman–Crippen MR) is 67.2 cm³/mol. The van der Waals surface area contributed by atoms with Crippen molar-refractivity contribution in [1.82, 2.24) is 20.2 Å². The van der Waals surface area contributed by atoms with Gasteiger partial charge >= 0.3 is 0 Å². The van der Waals surface area contributed by atoms with Gasteiger partial charge in [-0.3, -0.25) is 0 Å². The number of nitrogens with zero attached hydrogens (tertiary/aromatic N) is 4. The quantitative estimate of drug-likeness (QED) is 0.812. The Morgan fingerprint density at radius 1 is 1.47 bits per heavy atom. The van der Waals surface area contributed by atoms with Gasteiger partial charge in [0.25, 0.3) is 0 Å². The molecule has 0 unspecified atom stereocenters. The van der Waals surface area contributed by atoms with Crippen molar-refractivity contribution in [3.63, 3.8) is 0 Å². The molecular formula is C10H10BrClN4O. The Bertz CT molecular complexity index is 517. The molecule has 1 heterocycles. The molecule has 2 aromatic rings. The minimum atomic E-state index is 0.248. The van der Waals surface area contributed by atoms with Crippen LogP contribution in [-0.4, -0.2) is 20.2 Å². The molecule has 0 fully saturated rings. The van der Waals surface area contributed by atoms with Gasteiger partial charge in [-0.25, -0.2) is 0 Å². The van der Waals surface area contributed by atoms with Crippen molar-refractivity contribution in [1.29, 1.82) is 0 Å². The van der Waals surface area contributed by atoms with Gasteiger partial charge in [0.15, 0.2) is 6.61 Å². The number of rotatable bonds is 4. The lowest BCUT2D eigenvalue weighted by molar-refractivity contribution is 0.293. The van der Waals surface area contributed by atoms with Gasteiger partial charge in [0, 0.05) is 10.9 Å². The first-order valence-electron chi connectivity index (χ1n) is 4.89. The molecule has 90 valence electrons. The summed E-state index contributed by atoms with van der Waals surface area (Å²) < 4.78 is 5.62. The van der Waals surface area contributed by atoms with Crippen molar-refractivity contribution in [2.45, 2.75) is 11.9 Å². The number of hydrogen-bond acceptors (Lipinski definition) is 4. The van der Waals surface area contributed by atoms with E-state index in [1.54, 1.807) is 13.1 Å². The second-order valence-corrected chi connectivity index (χ2v) is 4.31. The molecule has 0 spiro atoms. The Kier molecular flexibility index (Phi) is 3.96. The Hall–Kier alpha value is -1.14. The van der Waals surface area contributed by atoms with Gasteiger partial charge in [0.2, 0.25) is 5.82 Å². The van der Waals surface area contributed by atoms with Crippen molar-refractivity contribution in [3.05, 3.63) is 34.6 Å². The highest BCUT2D eigenvalue weighted by atomic mass is 79.9. The molecule has 0 amide bonds. The summed E-state index contributed by atoms with van der Waals surface area (Å²) in [6, 6.07) is 5.61. The number of aryl methyl sites for hydroxylation is 1. The van der Waals surface area contributed by atoms with Gasteiger partial charge in [-0.05, 0) is 11.3 Å². The minimum Gasteiger partial charge on any atom is -0.484 e. The van der Waals surface area contributed by atoms with Crippen LogP contribution in [0.5, 0.6) is 5.75 Å². The van der Waals surface area contributed by atoms with Crippen LogP contribution >= 0.6 is 27.5 Å². The SMILES string of the molecule is Cn1nnc(COc2c(Cl)cccc2CBr)n1. The molecule has 0 aliphatic carbocycles. The van der Waals surface area contributed by atoms with Gasteiger partial charge in [-0.2, -0.15) is 4.80 Å². The van der Waals surface area contributed by atoms with Crippen LogP contribution in [0.4, 0.5) is 0 Å². The van der Waals surface area contributed by atoms with E-state index in [-0.39, 0.29) is 6.61 Å². The van der Waals surface area contributed by atoms with Crippen LogP contribution in [0.25, 0.3) is 0 Å². The number of alkyl halides is 1. The number of hydrogen-bond donors (Lipinski definition) is 0. The fourth-order valence-electron chi connectivity index (χ4n) is 1.34. The van der Waals surface area contributed by atoms with E-state index in [1.165, 1.54) is 4.80 Å². The van der Waals surface area contributed by atoms with E-state index in [9.17, 15) is 0 Å². The van der Waals surface area contributed by atoms with Gasteiger partial charge < -0.3 is 4.74 Å². The van der Waals surface area contributed by atoms with E-state index in [0.717, 1.165) is 5.56 Å². The zero-order chi connectivity index (χ0) is 12.3. The molecule has 0 bridgehead atoms. The second-order valence-electron chi connectivity index (χ2n) is 3.35. The van der Waals surface area contributed by atoms with Crippen molar-refractivity contribution in [3.8, 4) is 5.75 Å². The number of ether oxygens (including phenoxy) is 1. The summed E-state index contributed by atoms with van der Waals surface area (Å²) in [6.07, 6.45) is 0. The lowest BCUT2D eigenvalue weighted by Gasteiger charge is -2.09. The summed E-state index contributed by atoms with van der Waals surface area (Å²) in [6.45, 7) is 0.248. The Morgan fingerprint density at radius 2 is 2.29 bits per heavy atom. The fraction of sp³-hybridized carbons (Fsp3) is 0.300. The predicted octanol–water partition coefficient (Wildman–Crippen LogP) is 2.34. The lowest BCUT2D eigenvalue weighted by Crippen LogP contribution is -2.01. The molecule has 7 heteroatoms. The van der Waals surface area contributed by atoms with E-state index < -0.39 is 0 Å². The van der Waals surface area contributed by atoms with Gasteiger partial charge in [0.05, 0.1) is 12.1 Å². The molecule has 1 aromatic carbocycles. The Balaban J connectivity index is 2.13. The number of halogens is 2. The standard InChI is InChI=1S/C10H10BrClN4O/c1-16-14-9(13-15-16)6-17-10-7(5-11)3-2-4-8(10)12/h2-4H,5-6H2,1H3. The summed E-state index contributed by atoms with van der Waals surface area (Å²) in [4.78, 5) is 1.39. The van der Waals surface area contributed by atoms with Gasteiger partial charge in [-0.1, -0.05) is 39.7 Å². The van der Waals surface area contributed by atoms with Crippen LogP contribution in [0.15, 0.2) is 18.2 Å². The molecule has 0 saturated heterocycles. The summed E-state index contributed by atoms with van der Waals surface area (Å²) >= 11 is 9.46. The number of para-hydroxylation sites is 1. The fourth-order valence-corrected chi connectivity index (χ4v) is 2.03. The molecule has 0 aliphatic heterocycles. The van der Waals surface area contributed by atoms with E-state index in [4.69, 9.17) is 16.3 Å². The normalized spacial score (nSPS) is 10.5. The van der Waals surface area contributed by atoms with Crippen molar-refractivity contribution in [2.75, 3.05) is 0 Å².